The molecular formula is C20H18N4OS. The predicted octanol–water partition coefficient (Wildman–Crippen LogP) is 3.80. The Bertz CT molecular complexity index is 1040. The molecule has 0 saturated carbocycles. The molecule has 130 valence electrons. The summed E-state index contributed by atoms with van der Waals surface area (Å²) >= 11 is 1.49. The molecular weight excluding hydrogens is 344 g/mol. The molecule has 0 bridgehead atoms. The van der Waals surface area contributed by atoms with Crippen molar-refractivity contribution in [2.45, 2.75) is 12.5 Å². The fraction of sp³-hybridized carbons (Fsp3) is 0.100. The van der Waals surface area contributed by atoms with Crippen LogP contribution in [0.4, 0.5) is 5.00 Å². The maximum atomic E-state index is 12.4. The van der Waals surface area contributed by atoms with Gasteiger partial charge >= 0.3 is 0 Å². The number of nitrogens with one attached hydrogen (secondary N) is 2. The Hall–Kier alpha value is -2.96. The number of amides is 1. The molecule has 0 aliphatic carbocycles. The van der Waals surface area contributed by atoms with Gasteiger partial charge in [-0.3, -0.25) is 4.79 Å². The average Bonchev–Trinajstić information content (AvgIpc) is 3.31. The van der Waals surface area contributed by atoms with Gasteiger partial charge in [-0.15, -0.1) is 11.3 Å². The van der Waals surface area contributed by atoms with Crippen molar-refractivity contribution in [3.63, 3.8) is 0 Å². The number of rotatable bonds is 5. The first-order valence-corrected chi connectivity index (χ1v) is 9.20. The number of aromatic nitrogens is 2. The molecule has 4 N–H and O–H groups in total. The molecule has 6 heteroatoms. The third-order valence-corrected chi connectivity index (χ3v) is 5.10. The molecule has 3 heterocycles. The third-order valence-electron chi connectivity index (χ3n) is 4.25. The van der Waals surface area contributed by atoms with Crippen molar-refractivity contribution in [2.75, 3.05) is 5.32 Å². The van der Waals surface area contributed by atoms with E-state index in [1.807, 2.05) is 60.1 Å². The summed E-state index contributed by atoms with van der Waals surface area (Å²) in [4.78, 5) is 19.8. The molecule has 0 unspecified atom stereocenters. The summed E-state index contributed by atoms with van der Waals surface area (Å²) in [6.07, 6.45) is 4.16. The number of fused-ring (bicyclic) bond motifs is 1. The van der Waals surface area contributed by atoms with Gasteiger partial charge in [-0.2, -0.15) is 0 Å². The van der Waals surface area contributed by atoms with E-state index in [0.717, 1.165) is 32.7 Å². The number of hydrogen-bond acceptors (Lipinski definition) is 4. The van der Waals surface area contributed by atoms with Crippen LogP contribution in [-0.2, 0) is 11.2 Å². The second kappa shape index (κ2) is 7.11. The van der Waals surface area contributed by atoms with E-state index in [2.05, 4.69) is 15.3 Å². The van der Waals surface area contributed by atoms with Gasteiger partial charge in [0.05, 0.1) is 11.0 Å². The summed E-state index contributed by atoms with van der Waals surface area (Å²) in [7, 11) is 0. The molecule has 0 fully saturated rings. The quantitative estimate of drug-likeness (QED) is 0.505. The number of carbonyl (C=O) groups excluding carboxylic acids is 1. The molecule has 3 aromatic heterocycles. The Kier molecular flexibility index (Phi) is 4.51. The molecule has 0 spiro atoms. The van der Waals surface area contributed by atoms with Crippen molar-refractivity contribution >= 4 is 33.3 Å². The molecule has 0 radical (unpaired) electrons. The van der Waals surface area contributed by atoms with Crippen molar-refractivity contribution in [3.8, 4) is 11.1 Å². The van der Waals surface area contributed by atoms with Gasteiger partial charge in [0.15, 0.2) is 0 Å². The number of hydrogen-bond donors (Lipinski definition) is 3. The van der Waals surface area contributed by atoms with Crippen molar-refractivity contribution in [1.29, 1.82) is 0 Å². The van der Waals surface area contributed by atoms with Crippen molar-refractivity contribution in [1.82, 2.24) is 9.97 Å². The minimum absolute atomic E-state index is 0.177. The van der Waals surface area contributed by atoms with Crippen LogP contribution in [0.5, 0.6) is 0 Å². The number of aromatic amines is 1. The van der Waals surface area contributed by atoms with Gasteiger partial charge in [-0.1, -0.05) is 30.3 Å². The van der Waals surface area contributed by atoms with Gasteiger partial charge in [0.2, 0.25) is 5.91 Å². The molecule has 0 aliphatic heterocycles. The van der Waals surface area contributed by atoms with Crippen LogP contribution in [0.1, 0.15) is 5.56 Å². The van der Waals surface area contributed by atoms with Crippen molar-refractivity contribution < 1.29 is 4.79 Å². The van der Waals surface area contributed by atoms with Gasteiger partial charge in [0.25, 0.3) is 0 Å². The molecule has 0 saturated heterocycles. The Morgan fingerprint density at radius 2 is 2.08 bits per heavy atom. The second-order valence-electron chi connectivity index (χ2n) is 6.08. The van der Waals surface area contributed by atoms with Gasteiger partial charge < -0.3 is 16.0 Å². The van der Waals surface area contributed by atoms with Gasteiger partial charge in [-0.05, 0) is 41.3 Å². The standard InChI is InChI=1S/C20H18N4OS/c21-17(10-13-4-2-1-3-5-13)20(25)24-18-11-14(12-26-18)15-6-8-22-19-16(15)7-9-23-19/h1-9,11-12,17H,10,21H2,(H,22,23)(H,24,25)/t17-/m0/s1. The number of carbonyl (C=O) groups is 1. The van der Waals surface area contributed by atoms with Crippen molar-refractivity contribution in [2.24, 2.45) is 5.73 Å². The normalized spacial score (nSPS) is 12.2. The summed E-state index contributed by atoms with van der Waals surface area (Å²) in [5, 5.41) is 6.80. The van der Waals surface area contributed by atoms with Crippen molar-refractivity contribution in [3.05, 3.63) is 71.9 Å². The summed E-state index contributed by atoms with van der Waals surface area (Å²) in [5.74, 6) is -0.177. The molecule has 26 heavy (non-hydrogen) atoms. The zero-order valence-electron chi connectivity index (χ0n) is 14.0. The third kappa shape index (κ3) is 3.37. The van der Waals surface area contributed by atoms with Gasteiger partial charge in [0.1, 0.15) is 5.65 Å². The molecule has 4 rings (SSSR count). The first-order valence-electron chi connectivity index (χ1n) is 8.32. The van der Waals surface area contributed by atoms with Crippen LogP contribution < -0.4 is 11.1 Å². The molecule has 1 amide bonds. The Balaban J connectivity index is 1.48. The summed E-state index contributed by atoms with van der Waals surface area (Å²) in [6.45, 7) is 0. The van der Waals surface area contributed by atoms with E-state index >= 15 is 0 Å². The van der Waals surface area contributed by atoms with E-state index in [9.17, 15) is 4.79 Å². The summed E-state index contributed by atoms with van der Waals surface area (Å²) < 4.78 is 0. The number of nitrogens with two attached hydrogens (primary N) is 1. The second-order valence-corrected chi connectivity index (χ2v) is 6.99. The van der Waals surface area contributed by atoms with E-state index in [-0.39, 0.29) is 5.91 Å². The first kappa shape index (κ1) is 16.5. The molecule has 1 atom stereocenters. The summed E-state index contributed by atoms with van der Waals surface area (Å²) in [5.41, 5.74) is 10.1. The summed E-state index contributed by atoms with van der Waals surface area (Å²) in [6, 6.07) is 15.2. The lowest BCUT2D eigenvalue weighted by molar-refractivity contribution is -0.117. The van der Waals surface area contributed by atoms with Gasteiger partial charge in [0, 0.05) is 23.2 Å². The van der Waals surface area contributed by atoms with E-state index in [1.165, 1.54) is 11.3 Å². The zero-order chi connectivity index (χ0) is 17.9. The van der Waals surface area contributed by atoms with Crippen LogP contribution >= 0.6 is 11.3 Å². The first-order chi connectivity index (χ1) is 12.7. The topological polar surface area (TPSA) is 83.8 Å². The van der Waals surface area contributed by atoms with E-state index in [4.69, 9.17) is 5.73 Å². The monoisotopic (exact) mass is 362 g/mol. The highest BCUT2D eigenvalue weighted by Gasteiger charge is 2.16. The molecule has 5 nitrogen and oxygen atoms in total. The SMILES string of the molecule is N[C@@H](Cc1ccccc1)C(=O)Nc1cc(-c2ccnc3[nH]ccc23)cs1. The Morgan fingerprint density at radius 1 is 1.23 bits per heavy atom. The van der Waals surface area contributed by atoms with Crippen LogP contribution in [0, 0.1) is 0 Å². The van der Waals surface area contributed by atoms with Crippen LogP contribution in [0.3, 0.4) is 0 Å². The minimum Gasteiger partial charge on any atom is -0.346 e. The predicted molar refractivity (Wildman–Crippen MR) is 106 cm³/mol. The maximum Gasteiger partial charge on any atom is 0.242 e. The van der Waals surface area contributed by atoms with Crippen LogP contribution in [0.15, 0.2) is 66.3 Å². The lowest BCUT2D eigenvalue weighted by Crippen LogP contribution is -2.37. The molecule has 0 aliphatic rings. The largest absolute Gasteiger partial charge is 0.346 e. The number of benzene rings is 1. The van der Waals surface area contributed by atoms with E-state index in [0.29, 0.717) is 6.42 Å². The fourth-order valence-electron chi connectivity index (χ4n) is 2.93. The minimum atomic E-state index is -0.583. The van der Waals surface area contributed by atoms with E-state index < -0.39 is 6.04 Å². The maximum absolute atomic E-state index is 12.4. The van der Waals surface area contributed by atoms with E-state index in [1.54, 1.807) is 6.20 Å². The van der Waals surface area contributed by atoms with Crippen LogP contribution in [-0.4, -0.2) is 21.9 Å². The van der Waals surface area contributed by atoms with Crippen LogP contribution in [0.2, 0.25) is 0 Å². The van der Waals surface area contributed by atoms with Crippen LogP contribution in [0.25, 0.3) is 22.2 Å². The highest BCUT2D eigenvalue weighted by Crippen LogP contribution is 2.33. The number of anilines is 1. The molecule has 1 aromatic carbocycles. The fourth-order valence-corrected chi connectivity index (χ4v) is 3.73. The number of pyridine rings is 1. The zero-order valence-corrected chi connectivity index (χ0v) is 14.8. The highest BCUT2D eigenvalue weighted by molar-refractivity contribution is 7.14. The number of nitrogens with zero attached hydrogens (tertiary/aromatic N) is 1. The lowest BCUT2D eigenvalue weighted by atomic mass is 10.1. The Labute approximate surface area is 154 Å². The lowest BCUT2D eigenvalue weighted by Gasteiger charge is -2.11. The number of H-pyrrole nitrogens is 1. The Morgan fingerprint density at radius 3 is 2.92 bits per heavy atom. The highest BCUT2D eigenvalue weighted by atomic mass is 32.1. The molecule has 4 aromatic rings. The van der Waals surface area contributed by atoms with Gasteiger partial charge in [-0.25, -0.2) is 4.98 Å². The average molecular weight is 362 g/mol. The number of thiophene rings is 1. The smallest absolute Gasteiger partial charge is 0.242 e.